The summed E-state index contributed by atoms with van der Waals surface area (Å²) in [7, 11) is 2.90. The zero-order valence-corrected chi connectivity index (χ0v) is 12.9. The molecule has 3 aliphatic heterocycles. The lowest BCUT2D eigenvalue weighted by molar-refractivity contribution is -0.149. The molecule has 6 nitrogen and oxygen atoms in total. The van der Waals surface area contributed by atoms with Gasteiger partial charge in [0.05, 0.1) is 38.5 Å². The number of benzene rings is 1. The number of carbonyl (C=O) groups excluding carboxylic acids is 2. The molecule has 2 fully saturated rings. The molecule has 1 aromatic carbocycles. The topological polar surface area (TPSA) is 65.1 Å². The van der Waals surface area contributed by atoms with E-state index in [0.717, 1.165) is 0 Å². The van der Waals surface area contributed by atoms with Crippen molar-refractivity contribution in [3.05, 3.63) is 36.4 Å². The molecular formula is C17H17NO5. The summed E-state index contributed by atoms with van der Waals surface area (Å²) in [6, 6.07) is 7.34. The third-order valence-electron chi connectivity index (χ3n) is 4.95. The Kier molecular flexibility index (Phi) is 2.99. The van der Waals surface area contributed by atoms with Crippen LogP contribution in [-0.4, -0.2) is 44.3 Å². The third-order valence-corrected chi connectivity index (χ3v) is 4.95. The van der Waals surface area contributed by atoms with Crippen LogP contribution in [0.1, 0.15) is 0 Å². The zero-order valence-electron chi connectivity index (χ0n) is 12.9. The smallest absolute Gasteiger partial charge is 0.312 e. The first-order chi connectivity index (χ1) is 11.1. The van der Waals surface area contributed by atoms with Crippen molar-refractivity contribution in [1.29, 1.82) is 0 Å². The van der Waals surface area contributed by atoms with Crippen molar-refractivity contribution in [2.75, 3.05) is 25.7 Å². The molecule has 2 saturated heterocycles. The van der Waals surface area contributed by atoms with Crippen molar-refractivity contribution in [2.45, 2.75) is 11.7 Å². The van der Waals surface area contributed by atoms with Crippen molar-refractivity contribution in [3.8, 4) is 5.75 Å². The average molecular weight is 315 g/mol. The molecule has 0 aliphatic carbocycles. The van der Waals surface area contributed by atoms with Crippen LogP contribution in [-0.2, 0) is 19.1 Å². The molecule has 1 spiro atoms. The number of rotatable bonds is 3. The maximum Gasteiger partial charge on any atom is 0.312 e. The summed E-state index contributed by atoms with van der Waals surface area (Å²) in [5.74, 6) is -1.05. The highest BCUT2D eigenvalue weighted by atomic mass is 16.5. The minimum atomic E-state index is -0.749. The van der Waals surface area contributed by atoms with Gasteiger partial charge in [0.1, 0.15) is 17.3 Å². The fraction of sp³-hybridized carbons (Fsp3) is 0.412. The lowest BCUT2D eigenvalue weighted by atomic mass is 9.77. The van der Waals surface area contributed by atoms with E-state index in [4.69, 9.17) is 14.2 Å². The summed E-state index contributed by atoms with van der Waals surface area (Å²) < 4.78 is 16.2. The molecule has 120 valence electrons. The second-order valence-electron chi connectivity index (χ2n) is 6.02. The van der Waals surface area contributed by atoms with Gasteiger partial charge in [0.25, 0.3) is 0 Å². The number of para-hydroxylation sites is 2. The molecule has 4 rings (SSSR count). The van der Waals surface area contributed by atoms with E-state index in [1.165, 1.54) is 7.11 Å². The second kappa shape index (κ2) is 4.83. The van der Waals surface area contributed by atoms with Crippen LogP contribution >= 0.6 is 0 Å². The quantitative estimate of drug-likeness (QED) is 0.618. The largest absolute Gasteiger partial charge is 0.495 e. The third kappa shape index (κ3) is 1.78. The molecular weight excluding hydrogens is 298 g/mol. The minimum Gasteiger partial charge on any atom is -0.495 e. The molecule has 23 heavy (non-hydrogen) atoms. The molecule has 0 aromatic heterocycles. The van der Waals surface area contributed by atoms with Gasteiger partial charge < -0.3 is 19.1 Å². The maximum absolute atomic E-state index is 13.0. The molecule has 1 amide bonds. The molecule has 3 aliphatic rings. The van der Waals surface area contributed by atoms with E-state index in [0.29, 0.717) is 18.0 Å². The first-order valence-electron chi connectivity index (χ1n) is 7.51. The highest BCUT2D eigenvalue weighted by molar-refractivity contribution is 6.03. The van der Waals surface area contributed by atoms with Gasteiger partial charge >= 0.3 is 5.97 Å². The average Bonchev–Trinajstić information content (AvgIpc) is 3.22. The normalized spacial score (nSPS) is 33.9. The number of esters is 1. The lowest BCUT2D eigenvalue weighted by Crippen LogP contribution is -2.39. The number of methoxy groups -OCH3 is 2. The first kappa shape index (κ1) is 14.3. The summed E-state index contributed by atoms with van der Waals surface area (Å²) in [6.45, 7) is 0.372. The van der Waals surface area contributed by atoms with E-state index in [-0.39, 0.29) is 12.0 Å². The van der Waals surface area contributed by atoms with Crippen LogP contribution in [0.15, 0.2) is 36.4 Å². The zero-order chi connectivity index (χ0) is 16.2. The van der Waals surface area contributed by atoms with Crippen LogP contribution in [0.4, 0.5) is 5.69 Å². The Morgan fingerprint density at radius 2 is 2.13 bits per heavy atom. The number of hydrogen-bond donors (Lipinski definition) is 0. The Labute approximate surface area is 133 Å². The SMILES string of the molecule is COC(=O)[C@H]1[C@@H]2C=C[C@]3(CN(c4ccccc4OC)C(=O)[C@@H]13)O2. The van der Waals surface area contributed by atoms with Crippen molar-refractivity contribution in [2.24, 2.45) is 11.8 Å². The first-order valence-corrected chi connectivity index (χ1v) is 7.51. The van der Waals surface area contributed by atoms with Gasteiger partial charge in [-0.3, -0.25) is 9.59 Å². The Morgan fingerprint density at radius 3 is 2.87 bits per heavy atom. The molecule has 0 N–H and O–H groups in total. The number of nitrogens with zero attached hydrogens (tertiary/aromatic N) is 1. The van der Waals surface area contributed by atoms with Crippen molar-refractivity contribution < 1.29 is 23.8 Å². The van der Waals surface area contributed by atoms with Crippen LogP contribution in [0.25, 0.3) is 0 Å². The predicted octanol–water partition coefficient (Wildman–Crippen LogP) is 1.15. The van der Waals surface area contributed by atoms with Crippen molar-refractivity contribution >= 4 is 17.6 Å². The monoisotopic (exact) mass is 315 g/mol. The molecule has 2 bridgehead atoms. The summed E-state index contributed by atoms with van der Waals surface area (Å²) in [5.41, 5.74) is -0.0607. The Balaban J connectivity index is 1.75. The van der Waals surface area contributed by atoms with Crippen LogP contribution in [0.3, 0.4) is 0 Å². The van der Waals surface area contributed by atoms with Crippen LogP contribution < -0.4 is 9.64 Å². The fourth-order valence-electron chi connectivity index (χ4n) is 3.96. The van der Waals surface area contributed by atoms with Gasteiger partial charge in [0.15, 0.2) is 0 Å². The number of carbonyl (C=O) groups is 2. The molecule has 1 aromatic rings. The van der Waals surface area contributed by atoms with Crippen LogP contribution in [0.5, 0.6) is 5.75 Å². The van der Waals surface area contributed by atoms with E-state index >= 15 is 0 Å². The van der Waals surface area contributed by atoms with Gasteiger partial charge in [-0.1, -0.05) is 24.3 Å². The summed E-state index contributed by atoms with van der Waals surface area (Å²) in [6.07, 6.45) is 3.39. The van der Waals surface area contributed by atoms with E-state index in [9.17, 15) is 9.59 Å². The van der Waals surface area contributed by atoms with E-state index in [2.05, 4.69) is 0 Å². The standard InChI is InChI=1S/C17H17NO5/c1-21-11-6-4-3-5-10(11)18-9-17-8-7-12(23-17)13(16(20)22-2)14(17)15(18)19/h3-8,12-14H,9H2,1-2H3/t12-,13-,14+,17+/m0/s1. The second-order valence-corrected chi connectivity index (χ2v) is 6.02. The highest BCUT2D eigenvalue weighted by Crippen LogP contribution is 2.53. The number of ether oxygens (including phenoxy) is 3. The number of fused-ring (bicyclic) bond motifs is 1. The van der Waals surface area contributed by atoms with Crippen molar-refractivity contribution in [1.82, 2.24) is 0 Å². The number of anilines is 1. The highest BCUT2D eigenvalue weighted by Gasteiger charge is 2.67. The van der Waals surface area contributed by atoms with E-state index in [1.54, 1.807) is 18.1 Å². The van der Waals surface area contributed by atoms with Crippen LogP contribution in [0, 0.1) is 11.8 Å². The molecule has 0 unspecified atom stereocenters. The van der Waals surface area contributed by atoms with Crippen molar-refractivity contribution in [3.63, 3.8) is 0 Å². The summed E-state index contributed by atoms with van der Waals surface area (Å²) >= 11 is 0. The molecule has 4 atom stereocenters. The van der Waals surface area contributed by atoms with Gasteiger partial charge in [-0.15, -0.1) is 0 Å². The summed E-state index contributed by atoms with van der Waals surface area (Å²) in [4.78, 5) is 26.8. The van der Waals surface area contributed by atoms with E-state index in [1.807, 2.05) is 30.4 Å². The van der Waals surface area contributed by atoms with Gasteiger partial charge in [-0.25, -0.2) is 0 Å². The Hall–Kier alpha value is -2.34. The molecule has 0 radical (unpaired) electrons. The molecule has 3 heterocycles. The molecule has 0 saturated carbocycles. The summed E-state index contributed by atoms with van der Waals surface area (Å²) in [5, 5.41) is 0. The Morgan fingerprint density at radius 1 is 1.35 bits per heavy atom. The number of hydrogen-bond acceptors (Lipinski definition) is 5. The van der Waals surface area contributed by atoms with Gasteiger partial charge in [-0.05, 0) is 12.1 Å². The maximum atomic E-state index is 13.0. The predicted molar refractivity (Wildman–Crippen MR) is 81.1 cm³/mol. The lowest BCUT2D eigenvalue weighted by Gasteiger charge is -2.22. The fourth-order valence-corrected chi connectivity index (χ4v) is 3.96. The minimum absolute atomic E-state index is 0.128. The molecule has 6 heteroatoms. The van der Waals surface area contributed by atoms with Gasteiger partial charge in [0.2, 0.25) is 5.91 Å². The Bertz CT molecular complexity index is 715. The van der Waals surface area contributed by atoms with E-state index < -0.39 is 23.4 Å². The number of amides is 1. The van der Waals surface area contributed by atoms with Gasteiger partial charge in [0, 0.05) is 0 Å². The van der Waals surface area contributed by atoms with Crippen LogP contribution in [0.2, 0.25) is 0 Å². The van der Waals surface area contributed by atoms with Gasteiger partial charge in [-0.2, -0.15) is 0 Å².